The van der Waals surface area contributed by atoms with Gasteiger partial charge in [0, 0.05) is 5.69 Å². The maximum Gasteiger partial charge on any atom is 0.266 e. The maximum atomic E-state index is 12.4. The molecule has 0 aliphatic heterocycles. The van der Waals surface area contributed by atoms with Gasteiger partial charge in [0.05, 0.1) is 10.7 Å². The van der Waals surface area contributed by atoms with Crippen LogP contribution in [-0.4, -0.2) is 18.4 Å². The van der Waals surface area contributed by atoms with Crippen molar-refractivity contribution in [3.8, 4) is 11.8 Å². The van der Waals surface area contributed by atoms with Gasteiger partial charge in [-0.2, -0.15) is 5.26 Å². The first-order chi connectivity index (χ1) is 15.4. The Hall–Kier alpha value is -4.08. The van der Waals surface area contributed by atoms with Crippen molar-refractivity contribution in [1.82, 2.24) is 0 Å². The number of nitriles is 1. The molecule has 160 valence electrons. The zero-order valence-corrected chi connectivity index (χ0v) is 18.0. The summed E-state index contributed by atoms with van der Waals surface area (Å²) >= 11 is 6.02. The Balaban J connectivity index is 1.58. The Morgan fingerprint density at radius 2 is 1.78 bits per heavy atom. The number of benzene rings is 3. The lowest BCUT2D eigenvalue weighted by molar-refractivity contribution is -0.118. The Kier molecular flexibility index (Phi) is 7.63. The van der Waals surface area contributed by atoms with E-state index in [-0.39, 0.29) is 18.1 Å². The van der Waals surface area contributed by atoms with Crippen LogP contribution in [0.5, 0.6) is 5.75 Å². The van der Waals surface area contributed by atoms with Crippen LogP contribution in [-0.2, 0) is 9.59 Å². The molecule has 0 aliphatic rings. The van der Waals surface area contributed by atoms with E-state index in [4.69, 9.17) is 16.3 Å². The highest BCUT2D eigenvalue weighted by atomic mass is 35.5. The number of nitrogens with one attached hydrogen (secondary N) is 2. The Morgan fingerprint density at radius 1 is 1.03 bits per heavy atom. The van der Waals surface area contributed by atoms with E-state index in [9.17, 15) is 14.9 Å². The van der Waals surface area contributed by atoms with Gasteiger partial charge in [-0.25, -0.2) is 0 Å². The lowest BCUT2D eigenvalue weighted by Gasteiger charge is -2.09. The van der Waals surface area contributed by atoms with Crippen molar-refractivity contribution >= 4 is 40.9 Å². The first kappa shape index (κ1) is 22.6. The summed E-state index contributed by atoms with van der Waals surface area (Å²) in [6.07, 6.45) is 1.49. The molecular formula is C25H20ClN3O3. The SMILES string of the molecule is Cc1cccc(NC(=O)/C(C#N)=C/c2ccc(OCC(=O)Nc3ccccc3Cl)cc2)c1. The van der Waals surface area contributed by atoms with Crippen LogP contribution in [0.3, 0.4) is 0 Å². The smallest absolute Gasteiger partial charge is 0.266 e. The molecule has 2 amide bonds. The van der Waals surface area contributed by atoms with Crippen molar-refractivity contribution in [2.24, 2.45) is 0 Å². The summed E-state index contributed by atoms with van der Waals surface area (Å²) in [5.74, 6) is -0.365. The maximum absolute atomic E-state index is 12.4. The van der Waals surface area contributed by atoms with Crippen molar-refractivity contribution in [1.29, 1.82) is 5.26 Å². The average molecular weight is 446 g/mol. The molecule has 0 fully saturated rings. The fourth-order valence-electron chi connectivity index (χ4n) is 2.79. The van der Waals surface area contributed by atoms with Crippen LogP contribution in [0.4, 0.5) is 11.4 Å². The van der Waals surface area contributed by atoms with Crippen LogP contribution in [0.25, 0.3) is 6.08 Å². The quantitative estimate of drug-likeness (QED) is 0.385. The van der Waals surface area contributed by atoms with Gasteiger partial charge in [0.25, 0.3) is 11.8 Å². The van der Waals surface area contributed by atoms with E-state index in [0.717, 1.165) is 5.56 Å². The first-order valence-corrected chi connectivity index (χ1v) is 10.1. The number of para-hydroxylation sites is 1. The molecular weight excluding hydrogens is 426 g/mol. The predicted octanol–water partition coefficient (Wildman–Crippen LogP) is 5.21. The second-order valence-corrected chi connectivity index (χ2v) is 7.29. The fourth-order valence-corrected chi connectivity index (χ4v) is 2.98. The van der Waals surface area contributed by atoms with Crippen molar-refractivity contribution in [2.75, 3.05) is 17.2 Å². The number of halogens is 1. The summed E-state index contributed by atoms with van der Waals surface area (Å²) in [4.78, 5) is 24.4. The number of ether oxygens (including phenoxy) is 1. The molecule has 7 heteroatoms. The van der Waals surface area contributed by atoms with Crippen molar-refractivity contribution in [2.45, 2.75) is 6.92 Å². The highest BCUT2D eigenvalue weighted by molar-refractivity contribution is 6.33. The molecule has 32 heavy (non-hydrogen) atoms. The Morgan fingerprint density at radius 3 is 2.47 bits per heavy atom. The minimum atomic E-state index is -0.491. The van der Waals surface area contributed by atoms with E-state index in [1.165, 1.54) is 6.08 Å². The van der Waals surface area contributed by atoms with Gasteiger partial charge in [-0.15, -0.1) is 0 Å². The van der Waals surface area contributed by atoms with Gasteiger partial charge in [-0.3, -0.25) is 9.59 Å². The minimum Gasteiger partial charge on any atom is -0.484 e. The first-order valence-electron chi connectivity index (χ1n) is 9.71. The number of nitrogens with zero attached hydrogens (tertiary/aromatic N) is 1. The van der Waals surface area contributed by atoms with Crippen LogP contribution in [0.15, 0.2) is 78.4 Å². The van der Waals surface area contributed by atoms with E-state index in [1.54, 1.807) is 54.6 Å². The Bertz CT molecular complexity index is 1200. The van der Waals surface area contributed by atoms with Gasteiger partial charge in [0.2, 0.25) is 0 Å². The third-order valence-corrected chi connectivity index (χ3v) is 4.68. The van der Waals surface area contributed by atoms with Gasteiger partial charge in [-0.05, 0) is 60.5 Å². The average Bonchev–Trinajstić information content (AvgIpc) is 2.78. The number of anilines is 2. The molecule has 3 aromatic rings. The van der Waals surface area contributed by atoms with E-state index in [0.29, 0.717) is 27.7 Å². The lowest BCUT2D eigenvalue weighted by atomic mass is 10.1. The van der Waals surface area contributed by atoms with Crippen LogP contribution in [0.2, 0.25) is 5.02 Å². The predicted molar refractivity (Wildman–Crippen MR) is 125 cm³/mol. The highest BCUT2D eigenvalue weighted by Crippen LogP contribution is 2.20. The molecule has 3 rings (SSSR count). The van der Waals surface area contributed by atoms with E-state index >= 15 is 0 Å². The van der Waals surface area contributed by atoms with Gasteiger partial charge < -0.3 is 15.4 Å². The van der Waals surface area contributed by atoms with Crippen molar-refractivity contribution in [3.63, 3.8) is 0 Å². The second-order valence-electron chi connectivity index (χ2n) is 6.88. The highest BCUT2D eigenvalue weighted by Gasteiger charge is 2.10. The van der Waals surface area contributed by atoms with Crippen molar-refractivity contribution in [3.05, 3.63) is 94.5 Å². The standard InChI is InChI=1S/C25H20ClN3O3/c1-17-5-4-6-20(13-17)28-25(31)19(15-27)14-18-9-11-21(12-10-18)32-16-24(30)29-23-8-3-2-7-22(23)26/h2-14H,16H2,1H3,(H,28,31)(H,29,30)/b19-14+. The number of aryl methyl sites for hydroxylation is 1. The molecule has 3 aromatic carbocycles. The summed E-state index contributed by atoms with van der Waals surface area (Å²) in [5, 5.41) is 15.2. The number of amides is 2. The molecule has 0 aliphatic carbocycles. The molecule has 0 aromatic heterocycles. The molecule has 0 radical (unpaired) electrons. The zero-order chi connectivity index (χ0) is 22.9. The molecule has 0 saturated heterocycles. The van der Waals surface area contributed by atoms with Gasteiger partial charge in [0.1, 0.15) is 17.4 Å². The molecule has 6 nitrogen and oxygen atoms in total. The second kappa shape index (κ2) is 10.8. The molecule has 0 saturated carbocycles. The van der Waals surface area contributed by atoms with Crippen LogP contribution in [0.1, 0.15) is 11.1 Å². The summed E-state index contributed by atoms with van der Waals surface area (Å²) < 4.78 is 5.48. The third kappa shape index (κ3) is 6.46. The molecule has 0 unspecified atom stereocenters. The molecule has 0 atom stereocenters. The van der Waals surface area contributed by atoms with Crippen LogP contribution < -0.4 is 15.4 Å². The normalized spacial score (nSPS) is 10.7. The number of rotatable bonds is 7. The van der Waals surface area contributed by atoms with E-state index < -0.39 is 5.91 Å². The number of hydrogen-bond acceptors (Lipinski definition) is 4. The summed E-state index contributed by atoms with van der Waals surface area (Å²) in [7, 11) is 0. The molecule has 0 heterocycles. The zero-order valence-electron chi connectivity index (χ0n) is 17.3. The minimum absolute atomic E-state index is 0.0284. The van der Waals surface area contributed by atoms with Gasteiger partial charge in [0.15, 0.2) is 6.61 Å². The molecule has 2 N–H and O–H groups in total. The summed E-state index contributed by atoms with van der Waals surface area (Å²) in [6, 6.07) is 22.9. The van der Waals surface area contributed by atoms with Crippen LogP contribution in [0, 0.1) is 18.3 Å². The number of hydrogen-bond donors (Lipinski definition) is 2. The van der Waals surface area contributed by atoms with Crippen molar-refractivity contribution < 1.29 is 14.3 Å². The lowest BCUT2D eigenvalue weighted by Crippen LogP contribution is -2.20. The third-order valence-electron chi connectivity index (χ3n) is 4.35. The van der Waals surface area contributed by atoms with E-state index in [1.807, 2.05) is 31.2 Å². The topological polar surface area (TPSA) is 91.2 Å². The Labute approximate surface area is 191 Å². The number of carbonyl (C=O) groups is 2. The van der Waals surface area contributed by atoms with Crippen LogP contribution >= 0.6 is 11.6 Å². The van der Waals surface area contributed by atoms with Gasteiger partial charge in [-0.1, -0.05) is 48.0 Å². The van der Waals surface area contributed by atoms with Gasteiger partial charge >= 0.3 is 0 Å². The summed E-state index contributed by atoms with van der Waals surface area (Å²) in [6.45, 7) is 1.73. The molecule has 0 bridgehead atoms. The fraction of sp³-hybridized carbons (Fsp3) is 0.0800. The molecule has 0 spiro atoms. The number of carbonyl (C=O) groups excluding carboxylic acids is 2. The van der Waals surface area contributed by atoms with E-state index in [2.05, 4.69) is 10.6 Å². The largest absolute Gasteiger partial charge is 0.484 e. The monoisotopic (exact) mass is 445 g/mol. The summed E-state index contributed by atoms with van der Waals surface area (Å²) in [5.41, 5.74) is 2.75.